The smallest absolute Gasteiger partial charge is 0.325 e. The number of aryl methyl sites for hydroxylation is 2. The molecule has 0 aliphatic carbocycles. The maximum absolute atomic E-state index is 12.4. The molecule has 1 amide bonds. The minimum Gasteiger partial charge on any atom is -0.325 e. The first-order valence-corrected chi connectivity index (χ1v) is 9.37. The van der Waals surface area contributed by atoms with Gasteiger partial charge in [0.05, 0.1) is 16.7 Å². The van der Waals surface area contributed by atoms with Crippen LogP contribution in [0.2, 0.25) is 0 Å². The van der Waals surface area contributed by atoms with Crippen LogP contribution in [0, 0.1) is 0 Å². The Kier molecular flexibility index (Phi) is 5.63. The van der Waals surface area contributed by atoms with E-state index in [1.54, 1.807) is 27.9 Å². The number of carbonyl (C=O) groups excluding carboxylic acids is 1. The molecule has 0 saturated carbocycles. The molecule has 0 radical (unpaired) electrons. The first-order valence-electron chi connectivity index (χ1n) is 8.38. The fraction of sp³-hybridized carbons (Fsp3) is 0.200. The average Bonchev–Trinajstić information content (AvgIpc) is 2.90. The van der Waals surface area contributed by atoms with Crippen molar-refractivity contribution in [3.05, 3.63) is 71.7 Å². The van der Waals surface area contributed by atoms with Crippen molar-refractivity contribution in [3.8, 4) is 0 Å². The quantitative estimate of drug-likeness (QED) is 0.512. The molecule has 0 fully saturated rings. The van der Waals surface area contributed by atoms with Gasteiger partial charge in [0.25, 0.3) is 0 Å². The third-order valence-corrected chi connectivity index (χ3v) is 5.20. The molecule has 6 heteroatoms. The molecule has 0 spiro atoms. The third kappa shape index (κ3) is 3.75. The molecule has 1 N–H and O–H groups in total. The molecule has 134 valence electrons. The van der Waals surface area contributed by atoms with Crippen molar-refractivity contribution in [1.29, 1.82) is 0 Å². The second-order valence-electron chi connectivity index (χ2n) is 5.88. The summed E-state index contributed by atoms with van der Waals surface area (Å²) in [5.74, 6) is 0.662. The number of nitrogens with zero attached hydrogens (tertiary/aromatic N) is 2. The predicted octanol–water partition coefficient (Wildman–Crippen LogP) is 3.65. The van der Waals surface area contributed by atoms with E-state index in [1.165, 1.54) is 0 Å². The van der Waals surface area contributed by atoms with E-state index in [0.29, 0.717) is 6.54 Å². The van der Waals surface area contributed by atoms with Crippen molar-refractivity contribution < 1.29 is 4.79 Å². The van der Waals surface area contributed by atoms with Gasteiger partial charge in [-0.15, -0.1) is 18.3 Å². The van der Waals surface area contributed by atoms with Crippen LogP contribution in [0.15, 0.2) is 70.9 Å². The van der Waals surface area contributed by atoms with Crippen molar-refractivity contribution in [2.24, 2.45) is 7.05 Å². The maximum atomic E-state index is 12.4. The monoisotopic (exact) mass is 367 g/mol. The lowest BCUT2D eigenvalue weighted by atomic mass is 10.3. The lowest BCUT2D eigenvalue weighted by Crippen LogP contribution is -2.24. The molecule has 0 aliphatic heterocycles. The highest BCUT2D eigenvalue weighted by atomic mass is 32.2. The Bertz CT molecular complexity index is 1000. The molecular formula is C20H21N3O2S. The molecule has 2 aromatic carbocycles. The zero-order valence-electron chi connectivity index (χ0n) is 14.6. The summed E-state index contributed by atoms with van der Waals surface area (Å²) in [6.45, 7) is 4.06. The molecule has 0 aliphatic rings. The molecule has 5 nitrogen and oxygen atoms in total. The summed E-state index contributed by atoms with van der Waals surface area (Å²) in [5, 5.41) is 2.95. The molecular weight excluding hydrogens is 346 g/mol. The van der Waals surface area contributed by atoms with Gasteiger partial charge >= 0.3 is 5.69 Å². The highest BCUT2D eigenvalue weighted by molar-refractivity contribution is 7.99. The van der Waals surface area contributed by atoms with Crippen LogP contribution in [-0.2, 0) is 18.4 Å². The second kappa shape index (κ2) is 8.10. The maximum Gasteiger partial charge on any atom is 0.328 e. The largest absolute Gasteiger partial charge is 0.328 e. The Morgan fingerprint density at radius 3 is 2.62 bits per heavy atom. The number of carbonyl (C=O) groups is 1. The SMILES string of the molecule is C=CCSc1ccccc1NC(=O)CCn1c(=O)n(C)c2ccccc21. The van der Waals surface area contributed by atoms with Crippen LogP contribution < -0.4 is 11.0 Å². The van der Waals surface area contributed by atoms with E-state index in [4.69, 9.17) is 0 Å². The van der Waals surface area contributed by atoms with Gasteiger partial charge in [-0.2, -0.15) is 0 Å². The van der Waals surface area contributed by atoms with E-state index >= 15 is 0 Å². The lowest BCUT2D eigenvalue weighted by Gasteiger charge is -2.10. The molecule has 1 heterocycles. The van der Waals surface area contributed by atoms with Crippen molar-refractivity contribution in [1.82, 2.24) is 9.13 Å². The molecule has 0 atom stereocenters. The third-order valence-electron chi connectivity index (χ3n) is 4.13. The summed E-state index contributed by atoms with van der Waals surface area (Å²) < 4.78 is 3.25. The van der Waals surface area contributed by atoms with Gasteiger partial charge in [0.2, 0.25) is 5.91 Å². The molecule has 3 aromatic rings. The zero-order chi connectivity index (χ0) is 18.5. The summed E-state index contributed by atoms with van der Waals surface area (Å²) in [6, 6.07) is 15.3. The number of hydrogen-bond acceptors (Lipinski definition) is 3. The molecule has 3 rings (SSSR count). The van der Waals surface area contributed by atoms with Crippen LogP contribution in [0.1, 0.15) is 6.42 Å². The van der Waals surface area contributed by atoms with Gasteiger partial charge in [0.1, 0.15) is 0 Å². The summed E-state index contributed by atoms with van der Waals surface area (Å²) in [4.78, 5) is 25.8. The summed E-state index contributed by atoms with van der Waals surface area (Å²) in [6.07, 6.45) is 2.06. The van der Waals surface area contributed by atoms with Gasteiger partial charge in [0, 0.05) is 30.7 Å². The normalized spacial score (nSPS) is 10.8. The lowest BCUT2D eigenvalue weighted by molar-refractivity contribution is -0.116. The van der Waals surface area contributed by atoms with Crippen LogP contribution >= 0.6 is 11.8 Å². The van der Waals surface area contributed by atoms with Crippen molar-refractivity contribution >= 4 is 34.4 Å². The van der Waals surface area contributed by atoms with Gasteiger partial charge in [-0.05, 0) is 24.3 Å². The van der Waals surface area contributed by atoms with Crippen LogP contribution in [0.3, 0.4) is 0 Å². The molecule has 26 heavy (non-hydrogen) atoms. The van der Waals surface area contributed by atoms with Crippen LogP contribution in [-0.4, -0.2) is 20.8 Å². The Balaban J connectivity index is 1.72. The topological polar surface area (TPSA) is 56.0 Å². The van der Waals surface area contributed by atoms with E-state index in [9.17, 15) is 9.59 Å². The number of aromatic nitrogens is 2. The molecule has 0 saturated heterocycles. The number of hydrogen-bond donors (Lipinski definition) is 1. The van der Waals surface area contributed by atoms with Gasteiger partial charge in [-0.25, -0.2) is 4.79 Å². The standard InChI is InChI=1S/C20H21N3O2S/c1-3-14-26-18-11-7-4-8-15(18)21-19(24)12-13-23-17-10-6-5-9-16(17)22(2)20(23)25/h3-11H,1,12-14H2,2H3,(H,21,24). The van der Waals surface area contributed by atoms with Gasteiger partial charge in [-0.3, -0.25) is 13.9 Å². The number of amides is 1. The van der Waals surface area contributed by atoms with Gasteiger partial charge in [-0.1, -0.05) is 30.3 Å². The Morgan fingerprint density at radius 2 is 1.85 bits per heavy atom. The van der Waals surface area contributed by atoms with E-state index in [-0.39, 0.29) is 18.0 Å². The van der Waals surface area contributed by atoms with Crippen molar-refractivity contribution in [3.63, 3.8) is 0 Å². The first-order chi connectivity index (χ1) is 12.6. The minimum absolute atomic E-state index is 0.110. The Labute approximate surface area is 156 Å². The number of anilines is 1. The van der Waals surface area contributed by atoms with Crippen LogP contribution in [0.5, 0.6) is 0 Å². The highest BCUT2D eigenvalue weighted by Gasteiger charge is 2.12. The molecule has 0 unspecified atom stereocenters. The Hall–Kier alpha value is -2.73. The van der Waals surface area contributed by atoms with E-state index in [0.717, 1.165) is 27.4 Å². The summed E-state index contributed by atoms with van der Waals surface area (Å²) in [5.41, 5.74) is 2.38. The number of nitrogens with one attached hydrogen (secondary N) is 1. The minimum atomic E-state index is -0.114. The van der Waals surface area contributed by atoms with Crippen molar-refractivity contribution in [2.45, 2.75) is 17.9 Å². The van der Waals surface area contributed by atoms with Crippen molar-refractivity contribution in [2.75, 3.05) is 11.1 Å². The molecule has 1 aromatic heterocycles. The molecule has 0 bridgehead atoms. The fourth-order valence-electron chi connectivity index (χ4n) is 2.85. The summed E-state index contributed by atoms with van der Waals surface area (Å²) >= 11 is 1.62. The second-order valence-corrected chi connectivity index (χ2v) is 6.94. The van der Waals surface area contributed by atoms with E-state index in [2.05, 4.69) is 11.9 Å². The number of fused-ring (bicyclic) bond motifs is 1. The number of benzene rings is 2. The number of imidazole rings is 1. The van der Waals surface area contributed by atoms with E-state index in [1.807, 2.05) is 54.6 Å². The fourth-order valence-corrected chi connectivity index (χ4v) is 3.60. The van der Waals surface area contributed by atoms with E-state index < -0.39 is 0 Å². The Morgan fingerprint density at radius 1 is 1.15 bits per heavy atom. The first kappa shape index (κ1) is 18.1. The zero-order valence-corrected chi connectivity index (χ0v) is 15.5. The van der Waals surface area contributed by atoms with Crippen LogP contribution in [0.25, 0.3) is 11.0 Å². The number of rotatable bonds is 7. The van der Waals surface area contributed by atoms with Crippen LogP contribution in [0.4, 0.5) is 5.69 Å². The number of thioether (sulfide) groups is 1. The van der Waals surface area contributed by atoms with Gasteiger partial charge in [0.15, 0.2) is 0 Å². The number of para-hydroxylation sites is 3. The average molecular weight is 367 g/mol. The van der Waals surface area contributed by atoms with Gasteiger partial charge < -0.3 is 5.32 Å². The predicted molar refractivity (Wildman–Crippen MR) is 108 cm³/mol. The highest BCUT2D eigenvalue weighted by Crippen LogP contribution is 2.27. The summed E-state index contributed by atoms with van der Waals surface area (Å²) in [7, 11) is 1.74.